The van der Waals surface area contributed by atoms with E-state index >= 15 is 0 Å². The van der Waals surface area contributed by atoms with Crippen molar-refractivity contribution in [3.05, 3.63) is 69.8 Å². The Labute approximate surface area is 155 Å². The molecular weight excluding hydrogens is 350 g/mol. The van der Waals surface area contributed by atoms with E-state index in [-0.39, 0.29) is 11.5 Å². The fourth-order valence-electron chi connectivity index (χ4n) is 2.74. The molecule has 0 radical (unpaired) electrons. The standard InChI is InChI=1S/C19H17N3O5/c1-20-16-7-5-13(11-17(16)22(25)26)6-8-18(23)14-3-2-4-15(12-14)21-9-10-27-19(21)24/h2-8,11-12,20H,9-10H2,1H3. The van der Waals surface area contributed by atoms with Gasteiger partial charge in [0.25, 0.3) is 5.69 Å². The number of hydrogen-bond acceptors (Lipinski definition) is 6. The van der Waals surface area contributed by atoms with E-state index in [1.807, 2.05) is 0 Å². The molecule has 1 N–H and O–H groups in total. The van der Waals surface area contributed by atoms with Crippen LogP contribution >= 0.6 is 0 Å². The predicted molar refractivity (Wildman–Crippen MR) is 101 cm³/mol. The molecule has 2 aromatic carbocycles. The van der Waals surface area contributed by atoms with Crippen LogP contribution in [0.15, 0.2) is 48.5 Å². The largest absolute Gasteiger partial charge is 0.447 e. The molecule has 1 heterocycles. The number of carbonyl (C=O) groups is 2. The van der Waals surface area contributed by atoms with E-state index in [1.54, 1.807) is 43.4 Å². The Hall–Kier alpha value is -3.68. The number of carbonyl (C=O) groups excluding carboxylic acids is 2. The third-order valence-corrected chi connectivity index (χ3v) is 4.12. The van der Waals surface area contributed by atoms with Crippen molar-refractivity contribution < 1.29 is 19.2 Å². The average molecular weight is 367 g/mol. The second kappa shape index (κ2) is 7.69. The molecule has 0 unspecified atom stereocenters. The zero-order valence-electron chi connectivity index (χ0n) is 14.5. The third-order valence-electron chi connectivity index (χ3n) is 4.12. The number of allylic oxidation sites excluding steroid dienone is 1. The number of nitro benzene ring substituents is 1. The van der Waals surface area contributed by atoms with Gasteiger partial charge in [-0.1, -0.05) is 24.3 Å². The molecule has 1 saturated heterocycles. The van der Waals surface area contributed by atoms with Crippen LogP contribution in [0.5, 0.6) is 0 Å². The molecule has 1 fully saturated rings. The number of nitrogens with zero attached hydrogens (tertiary/aromatic N) is 2. The molecule has 0 atom stereocenters. The lowest BCUT2D eigenvalue weighted by Crippen LogP contribution is -2.23. The molecule has 1 aliphatic rings. The Balaban J connectivity index is 1.80. The molecule has 27 heavy (non-hydrogen) atoms. The minimum atomic E-state index is -0.483. The number of hydrogen-bond donors (Lipinski definition) is 1. The van der Waals surface area contributed by atoms with Crippen molar-refractivity contribution in [2.75, 3.05) is 30.4 Å². The van der Waals surface area contributed by atoms with E-state index in [2.05, 4.69) is 5.32 Å². The van der Waals surface area contributed by atoms with Crippen LogP contribution in [0.2, 0.25) is 0 Å². The molecule has 0 saturated carbocycles. The van der Waals surface area contributed by atoms with Crippen molar-refractivity contribution in [3.63, 3.8) is 0 Å². The first kappa shape index (κ1) is 18.1. The van der Waals surface area contributed by atoms with E-state index in [1.165, 1.54) is 23.1 Å². The van der Waals surface area contributed by atoms with Gasteiger partial charge >= 0.3 is 6.09 Å². The molecule has 138 valence electrons. The Morgan fingerprint density at radius 3 is 2.78 bits per heavy atom. The number of rotatable bonds is 6. The number of amides is 1. The number of nitrogens with one attached hydrogen (secondary N) is 1. The summed E-state index contributed by atoms with van der Waals surface area (Å²) in [7, 11) is 1.60. The molecule has 8 heteroatoms. The summed E-state index contributed by atoms with van der Waals surface area (Å²) in [5, 5.41) is 13.9. The van der Waals surface area contributed by atoms with Crippen molar-refractivity contribution in [3.8, 4) is 0 Å². The van der Waals surface area contributed by atoms with Gasteiger partial charge in [-0.2, -0.15) is 0 Å². The lowest BCUT2D eigenvalue weighted by molar-refractivity contribution is -0.384. The fourth-order valence-corrected chi connectivity index (χ4v) is 2.74. The van der Waals surface area contributed by atoms with Gasteiger partial charge in [-0.05, 0) is 29.8 Å². The number of anilines is 2. The molecule has 0 aromatic heterocycles. The van der Waals surface area contributed by atoms with Gasteiger partial charge in [0.1, 0.15) is 12.3 Å². The normalized spacial score (nSPS) is 13.7. The highest BCUT2D eigenvalue weighted by molar-refractivity contribution is 6.07. The summed E-state index contributed by atoms with van der Waals surface area (Å²) in [6.07, 6.45) is 2.43. The summed E-state index contributed by atoms with van der Waals surface area (Å²) in [5.41, 5.74) is 1.86. The third kappa shape index (κ3) is 3.95. The van der Waals surface area contributed by atoms with Gasteiger partial charge < -0.3 is 10.1 Å². The maximum atomic E-state index is 12.4. The van der Waals surface area contributed by atoms with Crippen molar-refractivity contribution >= 4 is 35.0 Å². The summed E-state index contributed by atoms with van der Waals surface area (Å²) >= 11 is 0. The van der Waals surface area contributed by atoms with Crippen LogP contribution in [-0.2, 0) is 4.74 Å². The number of nitro groups is 1. The van der Waals surface area contributed by atoms with E-state index in [0.717, 1.165) is 0 Å². The molecule has 0 spiro atoms. The van der Waals surface area contributed by atoms with Gasteiger partial charge in [0.2, 0.25) is 0 Å². The fraction of sp³-hybridized carbons (Fsp3) is 0.158. The maximum absolute atomic E-state index is 12.4. The number of ketones is 1. The number of benzene rings is 2. The quantitative estimate of drug-likeness (QED) is 0.363. The van der Waals surface area contributed by atoms with Crippen molar-refractivity contribution in [2.24, 2.45) is 0 Å². The van der Waals surface area contributed by atoms with Gasteiger partial charge in [-0.25, -0.2) is 4.79 Å². The van der Waals surface area contributed by atoms with E-state index in [0.29, 0.717) is 35.7 Å². The van der Waals surface area contributed by atoms with Gasteiger partial charge in [0.05, 0.1) is 11.5 Å². The average Bonchev–Trinajstić information content (AvgIpc) is 3.11. The minimum absolute atomic E-state index is 0.0679. The van der Waals surface area contributed by atoms with Crippen LogP contribution < -0.4 is 10.2 Å². The Morgan fingerprint density at radius 2 is 2.11 bits per heavy atom. The molecule has 3 rings (SSSR count). The number of ether oxygens (including phenoxy) is 1. The highest BCUT2D eigenvalue weighted by atomic mass is 16.6. The monoisotopic (exact) mass is 367 g/mol. The maximum Gasteiger partial charge on any atom is 0.414 e. The zero-order chi connectivity index (χ0) is 19.4. The molecule has 1 amide bonds. The Morgan fingerprint density at radius 1 is 1.30 bits per heavy atom. The molecule has 0 aliphatic carbocycles. The minimum Gasteiger partial charge on any atom is -0.447 e. The van der Waals surface area contributed by atoms with Crippen LogP contribution in [-0.4, -0.2) is 37.0 Å². The Kier molecular flexibility index (Phi) is 5.16. The van der Waals surface area contributed by atoms with Crippen molar-refractivity contribution in [2.45, 2.75) is 0 Å². The summed E-state index contributed by atoms with van der Waals surface area (Å²) in [4.78, 5) is 36.2. The lowest BCUT2D eigenvalue weighted by atomic mass is 10.1. The van der Waals surface area contributed by atoms with Crippen LogP contribution in [0.3, 0.4) is 0 Å². The summed E-state index contributed by atoms with van der Waals surface area (Å²) in [6, 6.07) is 11.3. The van der Waals surface area contributed by atoms with Crippen LogP contribution in [0.4, 0.5) is 21.9 Å². The van der Waals surface area contributed by atoms with E-state index < -0.39 is 11.0 Å². The highest BCUT2D eigenvalue weighted by Gasteiger charge is 2.23. The summed E-state index contributed by atoms with van der Waals surface area (Å²) < 4.78 is 4.90. The first-order valence-electron chi connectivity index (χ1n) is 8.22. The van der Waals surface area contributed by atoms with Crippen LogP contribution in [0.25, 0.3) is 6.08 Å². The second-order valence-electron chi connectivity index (χ2n) is 5.80. The smallest absolute Gasteiger partial charge is 0.414 e. The van der Waals surface area contributed by atoms with E-state index in [4.69, 9.17) is 4.74 Å². The van der Waals surface area contributed by atoms with Gasteiger partial charge in [0.15, 0.2) is 5.78 Å². The van der Waals surface area contributed by atoms with Gasteiger partial charge in [0, 0.05) is 24.4 Å². The summed E-state index contributed by atoms with van der Waals surface area (Å²) in [5.74, 6) is -0.273. The second-order valence-corrected chi connectivity index (χ2v) is 5.80. The van der Waals surface area contributed by atoms with Gasteiger partial charge in [-0.3, -0.25) is 19.8 Å². The molecular formula is C19H17N3O5. The van der Waals surface area contributed by atoms with Crippen molar-refractivity contribution in [1.29, 1.82) is 0 Å². The van der Waals surface area contributed by atoms with Crippen LogP contribution in [0, 0.1) is 10.1 Å². The lowest BCUT2D eigenvalue weighted by Gasteiger charge is -2.13. The zero-order valence-corrected chi connectivity index (χ0v) is 14.5. The molecule has 1 aliphatic heterocycles. The predicted octanol–water partition coefficient (Wildman–Crippen LogP) is 3.49. The van der Waals surface area contributed by atoms with E-state index in [9.17, 15) is 19.7 Å². The molecule has 8 nitrogen and oxygen atoms in total. The van der Waals surface area contributed by atoms with Crippen molar-refractivity contribution in [1.82, 2.24) is 0 Å². The molecule has 0 bridgehead atoms. The highest BCUT2D eigenvalue weighted by Crippen LogP contribution is 2.26. The topological polar surface area (TPSA) is 102 Å². The number of cyclic esters (lactones) is 1. The Bertz CT molecular complexity index is 939. The SMILES string of the molecule is CNc1ccc(C=CC(=O)c2cccc(N3CCOC3=O)c2)cc1[N+](=O)[O-]. The van der Waals surface area contributed by atoms with Gasteiger partial charge in [-0.15, -0.1) is 0 Å². The first-order valence-corrected chi connectivity index (χ1v) is 8.22. The van der Waals surface area contributed by atoms with Crippen LogP contribution in [0.1, 0.15) is 15.9 Å². The summed E-state index contributed by atoms with van der Waals surface area (Å²) in [6.45, 7) is 0.756. The first-order chi connectivity index (χ1) is 13.0. The molecule has 2 aromatic rings.